The third-order valence-electron chi connectivity index (χ3n) is 4.94. The number of aromatic hydroxyl groups is 1. The minimum absolute atomic E-state index is 0.313. The van der Waals surface area contributed by atoms with E-state index < -0.39 is 0 Å². The van der Waals surface area contributed by atoms with Gasteiger partial charge < -0.3 is 14.6 Å². The van der Waals surface area contributed by atoms with Gasteiger partial charge in [0.15, 0.2) is 0 Å². The fourth-order valence-corrected chi connectivity index (χ4v) is 3.67. The SMILES string of the molecule is Cc1cc(C)c(Oc2cc(C)c(Oc3cc(C)c(O)c(C)c3)c(C)c2)c(C)c1. The van der Waals surface area contributed by atoms with Gasteiger partial charge in [-0.25, -0.2) is 0 Å². The van der Waals surface area contributed by atoms with Gasteiger partial charge in [0.1, 0.15) is 28.7 Å². The number of aryl methyl sites for hydroxylation is 7. The van der Waals surface area contributed by atoms with Crippen LogP contribution >= 0.6 is 0 Å². The van der Waals surface area contributed by atoms with Crippen molar-refractivity contribution >= 4 is 0 Å². The van der Waals surface area contributed by atoms with Crippen LogP contribution in [0.4, 0.5) is 0 Å². The Morgan fingerprint density at radius 3 is 1.21 bits per heavy atom. The maximum Gasteiger partial charge on any atom is 0.133 e. The number of hydrogen-bond donors (Lipinski definition) is 1. The normalized spacial score (nSPS) is 10.8. The second-order valence-electron chi connectivity index (χ2n) is 7.72. The molecule has 0 unspecified atom stereocenters. The van der Waals surface area contributed by atoms with Crippen molar-refractivity contribution in [1.82, 2.24) is 0 Å². The summed E-state index contributed by atoms with van der Waals surface area (Å²) in [4.78, 5) is 0. The van der Waals surface area contributed by atoms with Crippen LogP contribution in [0.5, 0.6) is 28.7 Å². The zero-order chi connectivity index (χ0) is 20.6. The van der Waals surface area contributed by atoms with Crippen LogP contribution in [0.1, 0.15) is 38.9 Å². The summed E-state index contributed by atoms with van der Waals surface area (Å²) in [5, 5.41) is 9.97. The Labute approximate surface area is 167 Å². The van der Waals surface area contributed by atoms with Gasteiger partial charge >= 0.3 is 0 Å². The summed E-state index contributed by atoms with van der Waals surface area (Å²) in [7, 11) is 0. The molecule has 0 aliphatic heterocycles. The van der Waals surface area contributed by atoms with E-state index in [4.69, 9.17) is 9.47 Å². The molecule has 3 heteroatoms. The lowest BCUT2D eigenvalue weighted by atomic mass is 10.1. The van der Waals surface area contributed by atoms with Gasteiger partial charge in [-0.05, 0) is 106 Å². The molecular weight excluding hydrogens is 348 g/mol. The molecule has 0 saturated carbocycles. The minimum Gasteiger partial charge on any atom is -0.507 e. The Morgan fingerprint density at radius 2 is 0.821 bits per heavy atom. The van der Waals surface area contributed by atoms with Gasteiger partial charge in [0.25, 0.3) is 0 Å². The molecule has 0 heterocycles. The molecule has 0 aliphatic carbocycles. The second-order valence-corrected chi connectivity index (χ2v) is 7.72. The van der Waals surface area contributed by atoms with Gasteiger partial charge in [0, 0.05) is 0 Å². The lowest BCUT2D eigenvalue weighted by molar-refractivity contribution is 0.450. The molecule has 0 amide bonds. The van der Waals surface area contributed by atoms with Crippen LogP contribution in [0, 0.1) is 48.5 Å². The number of rotatable bonds is 4. The molecule has 1 N–H and O–H groups in total. The molecule has 3 aromatic rings. The van der Waals surface area contributed by atoms with Gasteiger partial charge in [-0.1, -0.05) is 17.7 Å². The lowest BCUT2D eigenvalue weighted by Gasteiger charge is -2.17. The first-order chi connectivity index (χ1) is 13.2. The molecule has 0 bridgehead atoms. The van der Waals surface area contributed by atoms with Gasteiger partial charge in [0.2, 0.25) is 0 Å². The molecule has 0 radical (unpaired) electrons. The fraction of sp³-hybridized carbons (Fsp3) is 0.280. The van der Waals surface area contributed by atoms with Crippen molar-refractivity contribution in [1.29, 1.82) is 0 Å². The van der Waals surface area contributed by atoms with Crippen molar-refractivity contribution < 1.29 is 14.6 Å². The smallest absolute Gasteiger partial charge is 0.133 e. The van der Waals surface area contributed by atoms with Gasteiger partial charge in [-0.2, -0.15) is 0 Å². The quantitative estimate of drug-likeness (QED) is 0.526. The summed E-state index contributed by atoms with van der Waals surface area (Å²) in [6.45, 7) is 14.0. The Bertz CT molecular complexity index is 979. The van der Waals surface area contributed by atoms with Crippen molar-refractivity contribution in [2.75, 3.05) is 0 Å². The van der Waals surface area contributed by atoms with E-state index in [1.54, 1.807) is 0 Å². The standard InChI is InChI=1S/C25H28O3/c1-14-8-17(4)24(18(5)9-14)28-22-12-19(6)25(20(7)13-22)27-21-10-15(2)23(26)16(3)11-21/h8-13,26H,1-7H3. The molecule has 3 aromatic carbocycles. The summed E-state index contributed by atoms with van der Waals surface area (Å²) < 4.78 is 12.4. The van der Waals surface area contributed by atoms with Crippen LogP contribution in [0.2, 0.25) is 0 Å². The van der Waals surface area contributed by atoms with Crippen LogP contribution < -0.4 is 9.47 Å². The fourth-order valence-electron chi connectivity index (χ4n) is 3.67. The Kier molecular flexibility index (Phi) is 5.37. The molecular formula is C25H28O3. The number of ether oxygens (including phenoxy) is 2. The van der Waals surface area contributed by atoms with Crippen LogP contribution in [-0.2, 0) is 0 Å². The van der Waals surface area contributed by atoms with Crippen LogP contribution in [0.25, 0.3) is 0 Å². The van der Waals surface area contributed by atoms with Crippen molar-refractivity contribution in [2.24, 2.45) is 0 Å². The number of benzene rings is 3. The largest absolute Gasteiger partial charge is 0.507 e. The molecule has 0 aliphatic rings. The highest BCUT2D eigenvalue weighted by Gasteiger charge is 2.13. The second kappa shape index (κ2) is 7.59. The molecule has 146 valence electrons. The van der Waals surface area contributed by atoms with E-state index in [0.717, 1.165) is 56.4 Å². The van der Waals surface area contributed by atoms with E-state index in [2.05, 4.69) is 32.9 Å². The molecule has 3 rings (SSSR count). The summed E-state index contributed by atoms with van der Waals surface area (Å²) >= 11 is 0. The lowest BCUT2D eigenvalue weighted by Crippen LogP contribution is -1.96. The van der Waals surface area contributed by atoms with Crippen LogP contribution in [0.3, 0.4) is 0 Å². The third-order valence-corrected chi connectivity index (χ3v) is 4.94. The molecule has 0 spiro atoms. The highest BCUT2D eigenvalue weighted by Crippen LogP contribution is 2.37. The van der Waals surface area contributed by atoms with E-state index in [0.29, 0.717) is 5.75 Å². The Balaban J connectivity index is 1.92. The average Bonchev–Trinajstić information content (AvgIpc) is 2.59. The summed E-state index contributed by atoms with van der Waals surface area (Å²) in [6.07, 6.45) is 0. The number of hydrogen-bond acceptors (Lipinski definition) is 3. The minimum atomic E-state index is 0.313. The van der Waals surface area contributed by atoms with E-state index in [-0.39, 0.29) is 0 Å². The van der Waals surface area contributed by atoms with Crippen molar-refractivity contribution in [3.05, 3.63) is 75.3 Å². The van der Waals surface area contributed by atoms with Crippen molar-refractivity contribution in [2.45, 2.75) is 48.5 Å². The van der Waals surface area contributed by atoms with E-state index in [1.165, 1.54) is 5.56 Å². The summed E-state index contributed by atoms with van der Waals surface area (Å²) in [6, 6.07) is 12.0. The Hall–Kier alpha value is -2.94. The average molecular weight is 376 g/mol. The molecule has 0 atom stereocenters. The molecule has 3 nitrogen and oxygen atoms in total. The zero-order valence-corrected chi connectivity index (χ0v) is 17.7. The van der Waals surface area contributed by atoms with E-state index in [1.807, 2.05) is 52.0 Å². The zero-order valence-electron chi connectivity index (χ0n) is 17.7. The van der Waals surface area contributed by atoms with Crippen molar-refractivity contribution in [3.8, 4) is 28.7 Å². The first-order valence-corrected chi connectivity index (χ1v) is 9.50. The molecule has 0 aromatic heterocycles. The molecule has 0 fully saturated rings. The molecule has 0 saturated heterocycles. The summed E-state index contributed by atoms with van der Waals surface area (Å²) in [5.74, 6) is 3.55. The molecule has 28 heavy (non-hydrogen) atoms. The Morgan fingerprint density at radius 1 is 0.500 bits per heavy atom. The first-order valence-electron chi connectivity index (χ1n) is 9.50. The monoisotopic (exact) mass is 376 g/mol. The highest BCUT2D eigenvalue weighted by molar-refractivity contribution is 5.52. The van der Waals surface area contributed by atoms with Crippen LogP contribution in [0.15, 0.2) is 36.4 Å². The highest BCUT2D eigenvalue weighted by atomic mass is 16.5. The van der Waals surface area contributed by atoms with Gasteiger partial charge in [0.05, 0.1) is 0 Å². The number of phenolic OH excluding ortho intramolecular Hbond substituents is 1. The van der Waals surface area contributed by atoms with Gasteiger partial charge in [-0.15, -0.1) is 0 Å². The van der Waals surface area contributed by atoms with Crippen molar-refractivity contribution in [3.63, 3.8) is 0 Å². The van der Waals surface area contributed by atoms with Gasteiger partial charge in [-0.3, -0.25) is 0 Å². The summed E-state index contributed by atoms with van der Waals surface area (Å²) in [5.41, 5.74) is 7.09. The third kappa shape index (κ3) is 3.99. The maximum atomic E-state index is 9.97. The maximum absolute atomic E-state index is 9.97. The predicted octanol–water partition coefficient (Wildman–Crippen LogP) is 7.14. The topological polar surface area (TPSA) is 38.7 Å². The first kappa shape index (κ1) is 19.8. The van der Waals surface area contributed by atoms with E-state index >= 15 is 0 Å². The number of phenols is 1. The van der Waals surface area contributed by atoms with Crippen LogP contribution in [-0.4, -0.2) is 5.11 Å². The van der Waals surface area contributed by atoms with E-state index in [9.17, 15) is 5.11 Å². The predicted molar refractivity (Wildman–Crippen MR) is 114 cm³/mol.